The Bertz CT molecular complexity index is 586. The molecule has 142 valence electrons. The van der Waals surface area contributed by atoms with Gasteiger partial charge in [0.2, 0.25) is 11.8 Å². The molecule has 0 bridgehead atoms. The van der Waals surface area contributed by atoms with E-state index in [1.54, 1.807) is 0 Å². The molecule has 1 heterocycles. The fraction of sp³-hybridized carbons (Fsp3) is 0.571. The fourth-order valence-corrected chi connectivity index (χ4v) is 3.22. The van der Waals surface area contributed by atoms with Crippen LogP contribution in [0.3, 0.4) is 0 Å². The summed E-state index contributed by atoms with van der Waals surface area (Å²) < 4.78 is 0. The lowest BCUT2D eigenvalue weighted by Gasteiger charge is -2.21. The lowest BCUT2D eigenvalue weighted by Crippen LogP contribution is -2.45. The van der Waals surface area contributed by atoms with E-state index in [9.17, 15) is 14.4 Å². The first-order chi connectivity index (χ1) is 12.7. The average Bonchev–Trinajstić information content (AvgIpc) is 2.64. The molecule has 1 N–H and O–H groups in total. The van der Waals surface area contributed by atoms with Gasteiger partial charge in [-0.15, -0.1) is 0 Å². The van der Waals surface area contributed by atoms with Crippen molar-refractivity contribution in [2.75, 3.05) is 0 Å². The van der Waals surface area contributed by atoms with Gasteiger partial charge in [-0.25, -0.2) is 4.79 Å². The number of carbonyl (C=O) groups is 3. The van der Waals surface area contributed by atoms with Crippen molar-refractivity contribution in [3.8, 4) is 0 Å². The van der Waals surface area contributed by atoms with Crippen LogP contribution < -0.4 is 5.32 Å². The summed E-state index contributed by atoms with van der Waals surface area (Å²) in [5, 5.41) is 2.39. The van der Waals surface area contributed by atoms with Crippen molar-refractivity contribution in [3.63, 3.8) is 0 Å². The lowest BCUT2D eigenvalue weighted by atomic mass is 10.1. The normalized spacial score (nSPS) is 19.2. The maximum Gasteiger partial charge on any atom is 0.331 e. The third-order valence-electron chi connectivity index (χ3n) is 4.77. The van der Waals surface area contributed by atoms with Crippen LogP contribution in [-0.2, 0) is 16.1 Å². The van der Waals surface area contributed by atoms with Gasteiger partial charge in [-0.05, 0) is 18.4 Å². The van der Waals surface area contributed by atoms with Gasteiger partial charge in [0.05, 0.1) is 6.54 Å². The van der Waals surface area contributed by atoms with Gasteiger partial charge in [0.1, 0.15) is 0 Å². The van der Waals surface area contributed by atoms with Crippen LogP contribution in [0.4, 0.5) is 4.79 Å². The molecule has 1 fully saturated rings. The van der Waals surface area contributed by atoms with Crippen molar-refractivity contribution in [2.24, 2.45) is 0 Å². The van der Waals surface area contributed by atoms with Gasteiger partial charge >= 0.3 is 6.03 Å². The number of benzene rings is 1. The van der Waals surface area contributed by atoms with Crippen LogP contribution >= 0.6 is 0 Å². The molecule has 0 radical (unpaired) electrons. The number of hydrogen-bond acceptors (Lipinski definition) is 3. The first kappa shape index (κ1) is 20.1. The number of rotatable bonds is 2. The van der Waals surface area contributed by atoms with Gasteiger partial charge in [-0.1, -0.05) is 75.3 Å². The van der Waals surface area contributed by atoms with Crippen LogP contribution in [0.25, 0.3) is 0 Å². The van der Waals surface area contributed by atoms with E-state index in [1.807, 2.05) is 30.3 Å². The first-order valence-corrected chi connectivity index (χ1v) is 9.85. The van der Waals surface area contributed by atoms with Gasteiger partial charge in [0, 0.05) is 12.8 Å². The summed E-state index contributed by atoms with van der Waals surface area (Å²) in [5.74, 6) is -0.515. The van der Waals surface area contributed by atoms with Crippen LogP contribution in [0.2, 0.25) is 0 Å². The molecule has 0 aromatic heterocycles. The van der Waals surface area contributed by atoms with Crippen LogP contribution in [0.5, 0.6) is 0 Å². The summed E-state index contributed by atoms with van der Waals surface area (Å²) in [6.45, 7) is 0.193. The third-order valence-corrected chi connectivity index (χ3v) is 4.77. The highest BCUT2D eigenvalue weighted by Gasteiger charge is 2.23. The molecule has 0 saturated carbocycles. The quantitative estimate of drug-likeness (QED) is 0.843. The Balaban J connectivity index is 2.02. The maximum atomic E-state index is 12.6. The van der Waals surface area contributed by atoms with Crippen molar-refractivity contribution >= 4 is 17.8 Å². The van der Waals surface area contributed by atoms with Gasteiger partial charge in [-0.3, -0.25) is 19.8 Å². The smallest absolute Gasteiger partial charge is 0.278 e. The predicted molar refractivity (Wildman–Crippen MR) is 101 cm³/mol. The summed E-state index contributed by atoms with van der Waals surface area (Å²) in [6.07, 6.45) is 10.1. The highest BCUT2D eigenvalue weighted by molar-refractivity contribution is 6.02. The molecule has 1 aliphatic heterocycles. The molecule has 26 heavy (non-hydrogen) atoms. The molecule has 0 unspecified atom stereocenters. The zero-order valence-corrected chi connectivity index (χ0v) is 15.5. The van der Waals surface area contributed by atoms with Crippen molar-refractivity contribution in [1.29, 1.82) is 0 Å². The molecule has 0 aliphatic carbocycles. The molecule has 2 rings (SSSR count). The number of carbonyl (C=O) groups excluding carboxylic acids is 3. The Morgan fingerprint density at radius 1 is 0.731 bits per heavy atom. The minimum absolute atomic E-state index is 0.193. The zero-order chi connectivity index (χ0) is 18.6. The number of urea groups is 1. The largest absolute Gasteiger partial charge is 0.331 e. The Morgan fingerprint density at radius 3 is 1.88 bits per heavy atom. The maximum absolute atomic E-state index is 12.6. The van der Waals surface area contributed by atoms with E-state index >= 15 is 0 Å². The molecule has 5 nitrogen and oxygen atoms in total. The SMILES string of the molecule is O=C1CCCCCCCCCCCC(=O)N(Cc2ccccc2)C(=O)N1. The first-order valence-electron chi connectivity index (χ1n) is 9.85. The Labute approximate surface area is 156 Å². The topological polar surface area (TPSA) is 66.5 Å². The Morgan fingerprint density at radius 2 is 1.27 bits per heavy atom. The lowest BCUT2D eigenvalue weighted by molar-refractivity contribution is -0.129. The van der Waals surface area contributed by atoms with E-state index in [0.717, 1.165) is 44.1 Å². The van der Waals surface area contributed by atoms with E-state index in [0.29, 0.717) is 12.8 Å². The molecule has 1 aromatic carbocycles. The Hall–Kier alpha value is -2.17. The van der Waals surface area contributed by atoms with Crippen molar-refractivity contribution in [1.82, 2.24) is 10.2 Å². The molecule has 0 atom stereocenters. The summed E-state index contributed by atoms with van der Waals surface area (Å²) in [5.41, 5.74) is 0.873. The summed E-state index contributed by atoms with van der Waals surface area (Å²) in [6, 6.07) is 8.79. The molecule has 1 aromatic rings. The van der Waals surface area contributed by atoms with Crippen LogP contribution in [0.1, 0.15) is 76.2 Å². The van der Waals surface area contributed by atoms with Crippen LogP contribution in [0, 0.1) is 0 Å². The average molecular weight is 358 g/mol. The van der Waals surface area contributed by atoms with Crippen molar-refractivity contribution in [2.45, 2.75) is 77.2 Å². The van der Waals surface area contributed by atoms with Crippen molar-refractivity contribution < 1.29 is 14.4 Å². The standard InChI is InChI=1S/C21H30N2O3/c24-19-15-11-6-4-2-1-3-5-7-12-16-20(25)23(21(26)22-19)17-18-13-9-8-10-14-18/h8-10,13-14H,1-7,11-12,15-17H2,(H,22,24,26). The second kappa shape index (κ2) is 11.4. The van der Waals surface area contributed by atoms with Gasteiger partial charge in [0.25, 0.3) is 0 Å². The number of nitrogens with one attached hydrogen (secondary N) is 1. The van der Waals surface area contributed by atoms with E-state index in [1.165, 1.54) is 24.2 Å². The van der Waals surface area contributed by atoms with E-state index < -0.39 is 6.03 Å². The molecular weight excluding hydrogens is 328 g/mol. The van der Waals surface area contributed by atoms with Gasteiger partial charge < -0.3 is 0 Å². The van der Waals surface area contributed by atoms with Gasteiger partial charge in [-0.2, -0.15) is 0 Å². The molecule has 4 amide bonds. The van der Waals surface area contributed by atoms with Crippen molar-refractivity contribution in [3.05, 3.63) is 35.9 Å². The number of imide groups is 2. The summed E-state index contributed by atoms with van der Waals surface area (Å²) >= 11 is 0. The minimum Gasteiger partial charge on any atom is -0.278 e. The van der Waals surface area contributed by atoms with E-state index in [4.69, 9.17) is 0 Å². The second-order valence-corrected chi connectivity index (χ2v) is 7.00. The highest BCUT2D eigenvalue weighted by atomic mass is 16.2. The zero-order valence-electron chi connectivity index (χ0n) is 15.5. The minimum atomic E-state index is -0.601. The monoisotopic (exact) mass is 358 g/mol. The molecule has 0 spiro atoms. The van der Waals surface area contributed by atoms with Gasteiger partial charge in [0.15, 0.2) is 0 Å². The summed E-state index contributed by atoms with van der Waals surface area (Å²) in [4.78, 5) is 38.3. The number of amides is 4. The van der Waals surface area contributed by atoms with Crippen LogP contribution in [-0.4, -0.2) is 22.7 Å². The molecule has 1 saturated heterocycles. The Kier molecular flexibility index (Phi) is 8.87. The summed E-state index contributed by atoms with van der Waals surface area (Å²) in [7, 11) is 0. The second-order valence-electron chi connectivity index (χ2n) is 7.00. The van der Waals surface area contributed by atoms with E-state index in [2.05, 4.69) is 5.32 Å². The molecular formula is C21H30N2O3. The number of nitrogens with zero attached hydrogens (tertiary/aromatic N) is 1. The highest BCUT2D eigenvalue weighted by Crippen LogP contribution is 2.14. The molecule has 1 aliphatic rings. The van der Waals surface area contributed by atoms with E-state index in [-0.39, 0.29) is 18.4 Å². The fourth-order valence-electron chi connectivity index (χ4n) is 3.22. The number of hydrogen-bond donors (Lipinski definition) is 1. The van der Waals surface area contributed by atoms with Crippen LogP contribution in [0.15, 0.2) is 30.3 Å². The predicted octanol–water partition coefficient (Wildman–Crippen LogP) is 4.56. The third kappa shape index (κ3) is 7.38. The molecule has 5 heteroatoms.